The number of unbranched alkanes of at least 4 members (excludes halogenated alkanes) is 1. The molecule has 2 aromatic rings. The van der Waals surface area contributed by atoms with Crippen molar-refractivity contribution < 1.29 is 23.7 Å². The van der Waals surface area contributed by atoms with Crippen LogP contribution < -0.4 is 16.0 Å². The summed E-state index contributed by atoms with van der Waals surface area (Å²) in [5, 5.41) is 10.8. The summed E-state index contributed by atoms with van der Waals surface area (Å²) in [5.74, 6) is 5.07. The second-order valence-electron chi connectivity index (χ2n) is 20.9. The number of fused-ring (bicyclic) bond motifs is 1. The highest BCUT2D eigenvalue weighted by Crippen LogP contribution is 2.65. The van der Waals surface area contributed by atoms with Gasteiger partial charge in [-0.15, -0.1) is 0 Å². The lowest BCUT2D eigenvalue weighted by molar-refractivity contribution is -0.199. The van der Waals surface area contributed by atoms with E-state index in [0.29, 0.717) is 29.8 Å². The number of hydrogen-bond acceptors (Lipinski definition) is 8. The first-order valence-corrected chi connectivity index (χ1v) is 26.1. The highest BCUT2D eigenvalue weighted by Gasteiger charge is 2.67. The number of carbonyl (C=O) groups excluding carboxylic acids is 3. The highest BCUT2D eigenvalue weighted by molar-refractivity contribution is 8.00. The van der Waals surface area contributed by atoms with Crippen LogP contribution in [0.25, 0.3) is 10.8 Å². The Labute approximate surface area is 385 Å². The maximum Gasteiger partial charge on any atom is 0.478 e. The molecule has 2 bridgehead atoms. The number of nitrogens with zero attached hydrogens (tertiary/aromatic N) is 2. The van der Waals surface area contributed by atoms with Crippen molar-refractivity contribution in [1.82, 2.24) is 25.8 Å². The molecule has 0 aromatic heterocycles. The van der Waals surface area contributed by atoms with Crippen molar-refractivity contribution in [2.75, 3.05) is 63.8 Å². The maximum atomic E-state index is 12.2. The molecule has 5 saturated heterocycles. The molecule has 11 rings (SSSR count). The molecule has 3 amide bonds. The van der Waals surface area contributed by atoms with Crippen LogP contribution in [-0.2, 0) is 18.9 Å². The van der Waals surface area contributed by atoms with E-state index in [9.17, 15) is 14.4 Å². The van der Waals surface area contributed by atoms with Crippen molar-refractivity contribution in [1.29, 1.82) is 0 Å². The predicted octanol–water partition coefficient (Wildman–Crippen LogP) is 8.76. The molecule has 63 heavy (non-hydrogen) atoms. The van der Waals surface area contributed by atoms with Crippen LogP contribution >= 0.6 is 11.8 Å². The Balaban J connectivity index is 0.000000142. The average molecular weight is 888 g/mol. The van der Waals surface area contributed by atoms with Crippen LogP contribution in [0.4, 0.5) is 0 Å². The van der Waals surface area contributed by atoms with Crippen molar-refractivity contribution in [2.45, 2.75) is 149 Å². The van der Waals surface area contributed by atoms with Crippen LogP contribution in [0, 0.1) is 28.6 Å². The van der Waals surface area contributed by atoms with E-state index >= 15 is 0 Å². The minimum atomic E-state index is -0.273. The summed E-state index contributed by atoms with van der Waals surface area (Å²) in [6.07, 6.45) is 20.2. The van der Waals surface area contributed by atoms with E-state index in [1.54, 1.807) is 6.07 Å². The minimum absolute atomic E-state index is 0.000797. The molecule has 350 valence electrons. The topological polar surface area (TPSA) is 112 Å². The zero-order valence-electron chi connectivity index (χ0n) is 39.9. The summed E-state index contributed by atoms with van der Waals surface area (Å²) < 4.78 is 12.0. The SMILES string of the molecule is C1CCNCC1.CC1(C)C2CC1[C@]1(C)OB(CNC=O)O[C@@H]1C2.CC1CCCCC1.CC1CCCN1C(=O)CNC(=O)c1ccc2ccccc2c1.CCCCN1CC2(CSC2)C1. The Morgan fingerprint density at radius 3 is 2.19 bits per heavy atom. The van der Waals surface area contributed by atoms with E-state index in [-0.39, 0.29) is 43.2 Å². The van der Waals surface area contributed by atoms with Gasteiger partial charge in [0.05, 0.1) is 24.7 Å². The van der Waals surface area contributed by atoms with Crippen molar-refractivity contribution in [3.63, 3.8) is 0 Å². The van der Waals surface area contributed by atoms with Gasteiger partial charge in [-0.2, -0.15) is 11.8 Å². The first-order chi connectivity index (χ1) is 30.4. The third-order valence-electron chi connectivity index (χ3n) is 15.5. The monoisotopic (exact) mass is 888 g/mol. The fourth-order valence-corrected chi connectivity index (χ4v) is 12.4. The molecule has 4 aliphatic carbocycles. The lowest BCUT2D eigenvalue weighted by Crippen LogP contribution is -2.65. The van der Waals surface area contributed by atoms with E-state index < -0.39 is 0 Å². The number of thioether (sulfide) groups is 1. The van der Waals surface area contributed by atoms with Crippen molar-refractivity contribution >= 4 is 47.9 Å². The number of hydrogen-bond donors (Lipinski definition) is 3. The quantitative estimate of drug-likeness (QED) is 0.169. The normalized spacial score (nSPS) is 28.6. The molecule has 5 heterocycles. The van der Waals surface area contributed by atoms with E-state index in [1.807, 2.05) is 41.3 Å². The average Bonchev–Trinajstić information content (AvgIpc) is 3.87. The summed E-state index contributed by atoms with van der Waals surface area (Å²) in [7, 11) is -0.273. The lowest BCUT2D eigenvalue weighted by Gasteiger charge is -2.64. The molecule has 0 radical (unpaired) electrons. The second-order valence-corrected chi connectivity index (χ2v) is 21.8. The van der Waals surface area contributed by atoms with Gasteiger partial charge in [0, 0.05) is 48.2 Å². The van der Waals surface area contributed by atoms with Crippen LogP contribution in [0.2, 0.25) is 0 Å². The first kappa shape index (κ1) is 49.8. The third kappa shape index (κ3) is 13.3. The van der Waals surface area contributed by atoms with Gasteiger partial charge in [0.1, 0.15) is 0 Å². The third-order valence-corrected chi connectivity index (χ3v) is 17.2. The van der Waals surface area contributed by atoms with Gasteiger partial charge < -0.3 is 35.1 Å². The molecular formula is C51H82BN5O5S. The van der Waals surface area contributed by atoms with Gasteiger partial charge >= 0.3 is 7.12 Å². The molecule has 12 heteroatoms. The second kappa shape index (κ2) is 23.7. The summed E-state index contributed by atoms with van der Waals surface area (Å²) in [6, 6.07) is 13.8. The van der Waals surface area contributed by atoms with Gasteiger partial charge in [-0.1, -0.05) is 103 Å². The van der Waals surface area contributed by atoms with E-state index in [1.165, 1.54) is 115 Å². The fraction of sp³-hybridized carbons (Fsp3) is 0.745. The van der Waals surface area contributed by atoms with Crippen LogP contribution in [-0.4, -0.2) is 117 Å². The lowest BCUT2D eigenvalue weighted by atomic mass is 9.43. The largest absolute Gasteiger partial charge is 0.478 e. The number of nitrogens with one attached hydrogen (secondary N) is 3. The van der Waals surface area contributed by atoms with Crippen LogP contribution in [0.15, 0.2) is 42.5 Å². The van der Waals surface area contributed by atoms with Gasteiger partial charge in [0.25, 0.3) is 5.91 Å². The van der Waals surface area contributed by atoms with E-state index in [0.717, 1.165) is 53.8 Å². The number of carbonyl (C=O) groups is 3. The minimum Gasteiger partial charge on any atom is -0.404 e. The van der Waals surface area contributed by atoms with Gasteiger partial charge in [0.15, 0.2) is 0 Å². The Kier molecular flexibility index (Phi) is 18.7. The summed E-state index contributed by atoms with van der Waals surface area (Å²) in [6.45, 7) is 21.1. The molecule has 5 atom stereocenters. The summed E-state index contributed by atoms with van der Waals surface area (Å²) in [5.41, 5.74) is 1.61. The Bertz CT molecular complexity index is 1730. The van der Waals surface area contributed by atoms with Gasteiger partial charge in [-0.3, -0.25) is 14.4 Å². The molecule has 3 N–H and O–H groups in total. The van der Waals surface area contributed by atoms with Gasteiger partial charge in [-0.25, -0.2) is 0 Å². The number of rotatable bonds is 9. The standard InChI is InChI=1S/C18H20N2O2.C12H20BNO3.C9H17NS.C7H14.C5H11N/c1-13-5-4-10-20(13)17(21)12-19-18(22)16-9-8-14-6-2-3-7-15(14)11-16;1-11(2)8-4-9(11)12(3)10(5-8)16-13(17-12)6-14-7-15;1-2-3-4-10-5-9(6-10)7-11-8-9;1-7-5-3-2-4-6-7;1-2-4-6-5-3-1/h2-3,6-9,11,13H,4-5,10,12H2,1H3,(H,19,22);7-10H,4-6H2,1-3H3,(H,14,15);2-8H2,1H3;7H,2-6H2,1H3;6H,1-5H2/t;8?,9?,10-,12+;;;/m.1.../s1. The van der Waals surface area contributed by atoms with Gasteiger partial charge in [0.2, 0.25) is 12.3 Å². The summed E-state index contributed by atoms with van der Waals surface area (Å²) >= 11 is 2.12. The van der Waals surface area contributed by atoms with E-state index in [4.69, 9.17) is 9.31 Å². The van der Waals surface area contributed by atoms with Crippen molar-refractivity contribution in [2.24, 2.45) is 28.6 Å². The molecule has 4 saturated carbocycles. The highest BCUT2D eigenvalue weighted by atomic mass is 32.2. The zero-order valence-corrected chi connectivity index (χ0v) is 40.7. The molecule has 1 spiro atoms. The maximum absolute atomic E-state index is 12.2. The van der Waals surface area contributed by atoms with Crippen molar-refractivity contribution in [3.8, 4) is 0 Å². The van der Waals surface area contributed by atoms with Crippen LogP contribution in [0.5, 0.6) is 0 Å². The van der Waals surface area contributed by atoms with Crippen molar-refractivity contribution in [3.05, 3.63) is 48.0 Å². The molecule has 3 unspecified atom stereocenters. The van der Waals surface area contributed by atoms with Crippen LogP contribution in [0.3, 0.4) is 0 Å². The molecular weight excluding hydrogens is 805 g/mol. The van der Waals surface area contributed by atoms with E-state index in [2.05, 4.69) is 74.2 Å². The number of benzene rings is 2. The Morgan fingerprint density at radius 2 is 1.63 bits per heavy atom. The molecule has 2 aromatic carbocycles. The molecule has 5 aliphatic heterocycles. The summed E-state index contributed by atoms with van der Waals surface area (Å²) in [4.78, 5) is 39.1. The molecule has 10 nitrogen and oxygen atoms in total. The smallest absolute Gasteiger partial charge is 0.404 e. The molecule has 9 fully saturated rings. The predicted molar refractivity (Wildman–Crippen MR) is 261 cm³/mol. The first-order valence-electron chi connectivity index (χ1n) is 24.9. The number of piperidine rings is 1. The van der Waals surface area contributed by atoms with Gasteiger partial charge in [-0.05, 0) is 125 Å². The Hall–Kier alpha value is -2.64. The van der Waals surface area contributed by atoms with Crippen LogP contribution in [0.1, 0.15) is 142 Å². The number of likely N-dealkylation sites (tertiary alicyclic amines) is 2. The zero-order chi connectivity index (χ0) is 44.9. The Morgan fingerprint density at radius 1 is 0.921 bits per heavy atom. The fourth-order valence-electron chi connectivity index (χ4n) is 11.3. The number of amides is 3. The molecule has 9 aliphatic rings.